The van der Waals surface area contributed by atoms with E-state index >= 15 is 0 Å². The van der Waals surface area contributed by atoms with Crippen LogP contribution in [0.4, 0.5) is 19.0 Å². The third-order valence-electron chi connectivity index (χ3n) is 2.48. The highest BCUT2D eigenvalue weighted by molar-refractivity contribution is 6.05. The van der Waals surface area contributed by atoms with E-state index in [0.717, 1.165) is 18.3 Å². The maximum absolute atomic E-state index is 12.8. The number of amides is 1. The molecule has 0 aliphatic carbocycles. The molecule has 2 rings (SSSR count). The molecule has 1 aromatic heterocycles. The molecule has 0 saturated carbocycles. The normalized spacial score (nSPS) is 10.9. The van der Waals surface area contributed by atoms with Crippen LogP contribution in [0.15, 0.2) is 30.5 Å². The highest BCUT2D eigenvalue weighted by atomic mass is 19.4. The summed E-state index contributed by atoms with van der Waals surface area (Å²) in [6.07, 6.45) is -3.48. The molecule has 1 heterocycles. The van der Waals surface area contributed by atoms with Gasteiger partial charge in [0.15, 0.2) is 0 Å². The number of carbonyl (C=O) groups is 1. The van der Waals surface area contributed by atoms with Crippen LogP contribution in [0.5, 0.6) is 0 Å². The van der Waals surface area contributed by atoms with Crippen molar-refractivity contribution in [1.82, 2.24) is 10.2 Å². The summed E-state index contributed by atoms with van der Waals surface area (Å²) in [7, 11) is 0. The number of carbonyl (C=O) groups excluding carboxylic acids is 1. The second-order valence-corrected chi connectivity index (χ2v) is 3.77. The van der Waals surface area contributed by atoms with Crippen molar-refractivity contribution in [2.75, 3.05) is 5.32 Å². The van der Waals surface area contributed by atoms with E-state index in [-0.39, 0.29) is 11.4 Å². The summed E-state index contributed by atoms with van der Waals surface area (Å²) >= 11 is 0. The second-order valence-electron chi connectivity index (χ2n) is 3.77. The molecule has 0 fully saturated rings. The number of nitrogens with zero attached hydrogens (tertiary/aromatic N) is 2. The van der Waals surface area contributed by atoms with Crippen LogP contribution in [0.25, 0.3) is 0 Å². The Hall–Kier alpha value is -2.82. The number of hydrogen-bond donors (Lipinski definition) is 2. The van der Waals surface area contributed by atoms with Crippen LogP contribution in [0.2, 0.25) is 0 Å². The molecule has 0 atom stereocenters. The van der Waals surface area contributed by atoms with Gasteiger partial charge in [0.2, 0.25) is 0 Å². The number of hydrogen-bond acceptors (Lipinski definition) is 3. The Morgan fingerprint density at radius 2 is 2.05 bits per heavy atom. The van der Waals surface area contributed by atoms with Crippen LogP contribution in [0, 0.1) is 11.3 Å². The highest BCUT2D eigenvalue weighted by Crippen LogP contribution is 2.32. The Labute approximate surface area is 111 Å². The number of rotatable bonds is 2. The summed E-state index contributed by atoms with van der Waals surface area (Å²) in [6.45, 7) is 0. The Kier molecular flexibility index (Phi) is 3.43. The largest absolute Gasteiger partial charge is 0.417 e. The van der Waals surface area contributed by atoms with Crippen molar-refractivity contribution in [3.63, 3.8) is 0 Å². The Morgan fingerprint density at radius 1 is 1.35 bits per heavy atom. The molecule has 2 N–H and O–H groups in total. The smallest absolute Gasteiger partial charge is 0.306 e. The van der Waals surface area contributed by atoms with E-state index in [1.54, 1.807) is 6.07 Å². The van der Waals surface area contributed by atoms with Gasteiger partial charge < -0.3 is 5.32 Å². The molecule has 0 saturated heterocycles. The van der Waals surface area contributed by atoms with Gasteiger partial charge in [-0.05, 0) is 12.1 Å². The van der Waals surface area contributed by atoms with Crippen molar-refractivity contribution in [1.29, 1.82) is 5.26 Å². The van der Waals surface area contributed by atoms with Crippen LogP contribution in [0.1, 0.15) is 21.5 Å². The lowest BCUT2D eigenvalue weighted by molar-refractivity contribution is -0.137. The molecule has 0 bridgehead atoms. The van der Waals surface area contributed by atoms with Crippen molar-refractivity contribution in [2.45, 2.75) is 6.18 Å². The van der Waals surface area contributed by atoms with Crippen LogP contribution in [-0.2, 0) is 6.18 Å². The number of nitriles is 1. The van der Waals surface area contributed by atoms with Gasteiger partial charge in [0.05, 0.1) is 17.3 Å². The monoisotopic (exact) mass is 280 g/mol. The minimum absolute atomic E-state index is 0.0304. The van der Waals surface area contributed by atoms with E-state index in [4.69, 9.17) is 5.26 Å². The molecule has 0 aliphatic rings. The molecular formula is C12H7F3N4O. The summed E-state index contributed by atoms with van der Waals surface area (Å²) in [6, 6.07) is 6.13. The molecule has 5 nitrogen and oxygen atoms in total. The first-order chi connectivity index (χ1) is 9.43. The van der Waals surface area contributed by atoms with Gasteiger partial charge in [-0.1, -0.05) is 12.1 Å². The lowest BCUT2D eigenvalue weighted by Gasteiger charge is -2.12. The Morgan fingerprint density at radius 3 is 2.70 bits per heavy atom. The minimum Gasteiger partial charge on any atom is -0.306 e. The first-order valence-corrected chi connectivity index (χ1v) is 5.34. The van der Waals surface area contributed by atoms with E-state index in [1.165, 1.54) is 12.1 Å². The average molecular weight is 280 g/mol. The number of anilines is 1. The predicted molar refractivity (Wildman–Crippen MR) is 62.7 cm³/mol. The maximum Gasteiger partial charge on any atom is 0.417 e. The topological polar surface area (TPSA) is 81.6 Å². The molecule has 0 aliphatic heterocycles. The van der Waals surface area contributed by atoms with Crippen LogP contribution in [-0.4, -0.2) is 16.1 Å². The molecule has 102 valence electrons. The average Bonchev–Trinajstić information content (AvgIpc) is 2.85. The number of nitrogens with one attached hydrogen (secondary N) is 2. The first kappa shape index (κ1) is 13.6. The lowest BCUT2D eigenvalue weighted by atomic mass is 10.1. The fourth-order valence-corrected chi connectivity index (χ4v) is 1.58. The maximum atomic E-state index is 12.8. The zero-order valence-corrected chi connectivity index (χ0v) is 9.82. The third kappa shape index (κ3) is 2.61. The van der Waals surface area contributed by atoms with Gasteiger partial charge in [-0.3, -0.25) is 9.89 Å². The molecule has 1 amide bonds. The van der Waals surface area contributed by atoms with Crippen molar-refractivity contribution >= 4 is 11.7 Å². The van der Waals surface area contributed by atoms with Crippen molar-refractivity contribution in [3.8, 4) is 6.07 Å². The van der Waals surface area contributed by atoms with E-state index in [9.17, 15) is 18.0 Å². The number of alkyl halides is 3. The molecule has 1 aromatic carbocycles. The van der Waals surface area contributed by atoms with Gasteiger partial charge in [-0.15, -0.1) is 0 Å². The third-order valence-corrected chi connectivity index (χ3v) is 2.48. The molecule has 0 unspecified atom stereocenters. The fraction of sp³-hybridized carbons (Fsp3) is 0.0833. The van der Waals surface area contributed by atoms with Gasteiger partial charge in [0.25, 0.3) is 5.91 Å². The molecule has 20 heavy (non-hydrogen) atoms. The van der Waals surface area contributed by atoms with Crippen LogP contribution in [0.3, 0.4) is 0 Å². The summed E-state index contributed by atoms with van der Waals surface area (Å²) in [4.78, 5) is 11.9. The van der Waals surface area contributed by atoms with Gasteiger partial charge in [-0.2, -0.15) is 23.5 Å². The van der Waals surface area contributed by atoms with Crippen molar-refractivity contribution < 1.29 is 18.0 Å². The van der Waals surface area contributed by atoms with Gasteiger partial charge >= 0.3 is 6.18 Å². The number of aromatic nitrogens is 2. The van der Waals surface area contributed by atoms with Gasteiger partial charge in [-0.25, -0.2) is 0 Å². The number of aromatic amines is 1. The number of halogens is 3. The lowest BCUT2D eigenvalue weighted by Crippen LogP contribution is -2.19. The quantitative estimate of drug-likeness (QED) is 0.886. The zero-order chi connectivity index (χ0) is 14.8. The predicted octanol–water partition coefficient (Wildman–Crippen LogP) is 2.55. The van der Waals surface area contributed by atoms with E-state index in [2.05, 4.69) is 15.5 Å². The first-order valence-electron chi connectivity index (χ1n) is 5.34. The van der Waals surface area contributed by atoms with Gasteiger partial charge in [0, 0.05) is 0 Å². The number of H-pyrrole nitrogens is 1. The summed E-state index contributed by atoms with van der Waals surface area (Å²) < 4.78 is 38.3. The summed E-state index contributed by atoms with van der Waals surface area (Å²) in [5.74, 6) is -1.02. The summed E-state index contributed by atoms with van der Waals surface area (Å²) in [5.41, 5.74) is -1.54. The van der Waals surface area contributed by atoms with Crippen molar-refractivity contribution in [2.24, 2.45) is 0 Å². The molecule has 2 aromatic rings. The van der Waals surface area contributed by atoms with E-state index in [1.807, 2.05) is 0 Å². The number of benzene rings is 1. The van der Waals surface area contributed by atoms with Crippen molar-refractivity contribution in [3.05, 3.63) is 47.2 Å². The Balaban J connectivity index is 2.34. The molecule has 0 spiro atoms. The summed E-state index contributed by atoms with van der Waals surface area (Å²) in [5, 5.41) is 16.8. The van der Waals surface area contributed by atoms with Crippen LogP contribution < -0.4 is 5.32 Å². The van der Waals surface area contributed by atoms with E-state index < -0.39 is 23.2 Å². The molecular weight excluding hydrogens is 273 g/mol. The standard InChI is InChI=1S/C12H7F3N4O/c13-12(14,15)9-4-2-1-3-8(9)11(20)18-10-7(5-16)6-17-19-10/h1-4,6H,(H2,17,18,19,20). The highest BCUT2D eigenvalue weighted by Gasteiger charge is 2.34. The van der Waals surface area contributed by atoms with E-state index in [0.29, 0.717) is 0 Å². The van der Waals surface area contributed by atoms with Gasteiger partial charge in [0.1, 0.15) is 17.5 Å². The van der Waals surface area contributed by atoms with Crippen LogP contribution >= 0.6 is 0 Å². The Bertz CT molecular complexity index is 684. The molecule has 8 heteroatoms. The minimum atomic E-state index is -4.64. The SMILES string of the molecule is N#Cc1cn[nH]c1NC(=O)c1ccccc1C(F)(F)F. The molecule has 0 radical (unpaired) electrons. The fourth-order valence-electron chi connectivity index (χ4n) is 1.58. The second kappa shape index (κ2) is 5.05. The zero-order valence-electron chi connectivity index (χ0n) is 9.82.